The van der Waals surface area contributed by atoms with Gasteiger partial charge in [0.25, 0.3) is 0 Å². The minimum absolute atomic E-state index is 0.456. The Morgan fingerprint density at radius 1 is 1.47 bits per heavy atom. The van der Waals surface area contributed by atoms with Gasteiger partial charge in [-0.1, -0.05) is 16.8 Å². The maximum absolute atomic E-state index is 6.02. The summed E-state index contributed by atoms with van der Waals surface area (Å²) in [5, 5.41) is 7.64. The first-order valence-corrected chi connectivity index (χ1v) is 5.85. The Bertz CT molecular complexity index is 524. The number of nitrogens with zero attached hydrogens (tertiary/aromatic N) is 3. The third-order valence-electron chi connectivity index (χ3n) is 2.77. The summed E-state index contributed by atoms with van der Waals surface area (Å²) in [6.07, 6.45) is 2.47. The number of hydrogen-bond donors (Lipinski definition) is 1. The highest BCUT2D eigenvalue weighted by Crippen LogP contribution is 2.23. The molecule has 0 atom stereocenters. The Labute approximate surface area is 103 Å². The van der Waals surface area contributed by atoms with E-state index in [1.807, 2.05) is 0 Å². The van der Waals surface area contributed by atoms with E-state index in [0.29, 0.717) is 28.3 Å². The van der Waals surface area contributed by atoms with Crippen molar-refractivity contribution in [2.45, 2.75) is 6.42 Å². The van der Waals surface area contributed by atoms with Gasteiger partial charge in [-0.3, -0.25) is 4.98 Å². The molecule has 0 aromatic carbocycles. The van der Waals surface area contributed by atoms with Crippen LogP contribution < -0.4 is 5.32 Å². The summed E-state index contributed by atoms with van der Waals surface area (Å²) >= 11 is 6.02. The standard InChI is InChI=1S/C11H11ClN4O/c12-8-2-1-3-14-10(8)11-15-9(17-16-11)4-7-5-13-6-7/h1-3,7,13H,4-6H2. The molecule has 1 N–H and O–H groups in total. The van der Waals surface area contributed by atoms with Crippen LogP contribution >= 0.6 is 11.6 Å². The lowest BCUT2D eigenvalue weighted by Crippen LogP contribution is -2.43. The predicted octanol–water partition coefficient (Wildman–Crippen LogP) is 1.55. The van der Waals surface area contributed by atoms with Crippen molar-refractivity contribution in [2.24, 2.45) is 5.92 Å². The number of aromatic nitrogens is 3. The summed E-state index contributed by atoms with van der Waals surface area (Å²) in [6, 6.07) is 3.53. The van der Waals surface area contributed by atoms with E-state index in [4.69, 9.17) is 16.1 Å². The second-order valence-corrected chi connectivity index (χ2v) is 4.48. The Morgan fingerprint density at radius 2 is 2.35 bits per heavy atom. The molecule has 6 heteroatoms. The van der Waals surface area contributed by atoms with Gasteiger partial charge in [-0.15, -0.1) is 0 Å². The molecular formula is C11H11ClN4O. The van der Waals surface area contributed by atoms with Gasteiger partial charge in [0.1, 0.15) is 5.69 Å². The SMILES string of the molecule is Clc1cccnc1-c1noc(CC2CNC2)n1. The fraction of sp³-hybridized carbons (Fsp3) is 0.364. The molecule has 3 rings (SSSR count). The van der Waals surface area contributed by atoms with E-state index in [2.05, 4.69) is 20.4 Å². The molecule has 1 aliphatic rings. The van der Waals surface area contributed by atoms with Crippen LogP contribution in [0.5, 0.6) is 0 Å². The van der Waals surface area contributed by atoms with Gasteiger partial charge in [0.15, 0.2) is 0 Å². The molecule has 1 saturated heterocycles. The number of halogens is 1. The van der Waals surface area contributed by atoms with Crippen molar-refractivity contribution in [1.82, 2.24) is 20.4 Å². The first kappa shape index (κ1) is 10.7. The van der Waals surface area contributed by atoms with E-state index < -0.39 is 0 Å². The van der Waals surface area contributed by atoms with Gasteiger partial charge in [0, 0.05) is 12.6 Å². The molecule has 2 aromatic heterocycles. The van der Waals surface area contributed by atoms with Gasteiger partial charge >= 0.3 is 0 Å². The summed E-state index contributed by atoms with van der Waals surface area (Å²) in [4.78, 5) is 8.46. The van der Waals surface area contributed by atoms with Crippen LogP contribution in [-0.2, 0) is 6.42 Å². The van der Waals surface area contributed by atoms with Crippen LogP contribution in [0, 0.1) is 5.92 Å². The fourth-order valence-corrected chi connectivity index (χ4v) is 1.93. The van der Waals surface area contributed by atoms with Crippen LogP contribution in [-0.4, -0.2) is 28.2 Å². The smallest absolute Gasteiger partial charge is 0.227 e. The van der Waals surface area contributed by atoms with Gasteiger partial charge in [-0.25, -0.2) is 0 Å². The summed E-state index contributed by atoms with van der Waals surface area (Å²) in [6.45, 7) is 2.03. The average Bonchev–Trinajstić information content (AvgIpc) is 2.73. The van der Waals surface area contributed by atoms with E-state index in [-0.39, 0.29) is 0 Å². The Hall–Kier alpha value is -1.46. The maximum Gasteiger partial charge on any atom is 0.227 e. The normalized spacial score (nSPS) is 15.8. The maximum atomic E-state index is 6.02. The summed E-state index contributed by atoms with van der Waals surface area (Å²) in [7, 11) is 0. The topological polar surface area (TPSA) is 63.8 Å². The van der Waals surface area contributed by atoms with E-state index in [9.17, 15) is 0 Å². The molecule has 88 valence electrons. The molecule has 0 aliphatic carbocycles. The molecule has 2 aromatic rings. The van der Waals surface area contributed by atoms with Crippen molar-refractivity contribution in [3.05, 3.63) is 29.2 Å². The molecule has 0 radical (unpaired) electrons. The molecule has 5 nitrogen and oxygen atoms in total. The van der Waals surface area contributed by atoms with Gasteiger partial charge < -0.3 is 9.84 Å². The fourth-order valence-electron chi connectivity index (χ4n) is 1.72. The second-order valence-electron chi connectivity index (χ2n) is 4.07. The summed E-state index contributed by atoms with van der Waals surface area (Å²) in [5.74, 6) is 1.70. The van der Waals surface area contributed by atoms with Gasteiger partial charge in [-0.2, -0.15) is 4.98 Å². The molecule has 17 heavy (non-hydrogen) atoms. The first-order chi connectivity index (χ1) is 8.33. The quantitative estimate of drug-likeness (QED) is 0.895. The van der Waals surface area contributed by atoms with E-state index in [1.165, 1.54) is 0 Å². The first-order valence-electron chi connectivity index (χ1n) is 5.47. The third-order valence-corrected chi connectivity index (χ3v) is 3.07. The van der Waals surface area contributed by atoms with Crippen molar-refractivity contribution < 1.29 is 4.52 Å². The van der Waals surface area contributed by atoms with Crippen molar-refractivity contribution in [1.29, 1.82) is 0 Å². The van der Waals surface area contributed by atoms with Crippen LogP contribution in [0.25, 0.3) is 11.5 Å². The molecule has 3 heterocycles. The Morgan fingerprint density at radius 3 is 3.06 bits per heavy atom. The van der Waals surface area contributed by atoms with Gasteiger partial charge in [0.2, 0.25) is 11.7 Å². The predicted molar refractivity (Wildman–Crippen MR) is 62.6 cm³/mol. The van der Waals surface area contributed by atoms with E-state index in [0.717, 1.165) is 19.5 Å². The third kappa shape index (κ3) is 2.16. The largest absolute Gasteiger partial charge is 0.339 e. The Kier molecular flexibility index (Phi) is 2.78. The highest BCUT2D eigenvalue weighted by molar-refractivity contribution is 6.32. The zero-order valence-corrected chi connectivity index (χ0v) is 9.81. The molecule has 0 saturated carbocycles. The average molecular weight is 251 g/mol. The molecule has 1 aliphatic heterocycles. The molecule has 0 amide bonds. The van der Waals surface area contributed by atoms with Crippen molar-refractivity contribution in [2.75, 3.05) is 13.1 Å². The highest BCUT2D eigenvalue weighted by Gasteiger charge is 2.21. The molecule has 0 spiro atoms. The molecule has 0 bridgehead atoms. The number of nitrogens with one attached hydrogen (secondary N) is 1. The van der Waals surface area contributed by atoms with Crippen LogP contribution in [0.2, 0.25) is 5.02 Å². The molecular weight excluding hydrogens is 240 g/mol. The van der Waals surface area contributed by atoms with Crippen molar-refractivity contribution in [3.63, 3.8) is 0 Å². The summed E-state index contributed by atoms with van der Waals surface area (Å²) < 4.78 is 5.19. The van der Waals surface area contributed by atoms with E-state index in [1.54, 1.807) is 18.3 Å². The minimum atomic E-state index is 0.456. The lowest BCUT2D eigenvalue weighted by molar-refractivity contribution is 0.296. The number of rotatable bonds is 3. The van der Waals surface area contributed by atoms with E-state index >= 15 is 0 Å². The van der Waals surface area contributed by atoms with Crippen molar-refractivity contribution >= 4 is 11.6 Å². The van der Waals surface area contributed by atoms with Gasteiger partial charge in [-0.05, 0) is 31.1 Å². The lowest BCUT2D eigenvalue weighted by atomic mass is 10.00. The Balaban J connectivity index is 1.82. The summed E-state index contributed by atoms with van der Waals surface area (Å²) in [5.41, 5.74) is 0.566. The van der Waals surface area contributed by atoms with Crippen LogP contribution in [0.3, 0.4) is 0 Å². The van der Waals surface area contributed by atoms with Crippen LogP contribution in [0.4, 0.5) is 0 Å². The second kappa shape index (κ2) is 4.43. The van der Waals surface area contributed by atoms with Gasteiger partial charge in [0.05, 0.1) is 5.02 Å². The number of pyridine rings is 1. The highest BCUT2D eigenvalue weighted by atomic mass is 35.5. The van der Waals surface area contributed by atoms with Crippen LogP contribution in [0.1, 0.15) is 5.89 Å². The number of hydrogen-bond acceptors (Lipinski definition) is 5. The zero-order chi connectivity index (χ0) is 11.7. The molecule has 1 fully saturated rings. The minimum Gasteiger partial charge on any atom is -0.339 e. The zero-order valence-electron chi connectivity index (χ0n) is 9.06. The monoisotopic (exact) mass is 250 g/mol. The lowest BCUT2D eigenvalue weighted by Gasteiger charge is -2.25. The van der Waals surface area contributed by atoms with Crippen molar-refractivity contribution in [3.8, 4) is 11.5 Å². The van der Waals surface area contributed by atoms with Crippen LogP contribution in [0.15, 0.2) is 22.9 Å². The molecule has 0 unspecified atom stereocenters.